The molecule has 0 heterocycles. The molecule has 0 atom stereocenters. The zero-order valence-electron chi connectivity index (χ0n) is 9.23. The Kier molecular flexibility index (Phi) is 6.54. The molecule has 1 rings (SSSR count). The number of hydrogen-bond acceptors (Lipinski definition) is 2. The van der Waals surface area contributed by atoms with Crippen LogP contribution >= 0.6 is 0 Å². The summed E-state index contributed by atoms with van der Waals surface area (Å²) < 4.78 is 5.44. The van der Waals surface area contributed by atoms with Crippen LogP contribution in [0, 0.1) is 6.92 Å². The fourth-order valence-corrected chi connectivity index (χ4v) is 1.26. The van der Waals surface area contributed by atoms with Gasteiger partial charge in [-0.25, -0.2) is 0 Å². The van der Waals surface area contributed by atoms with Gasteiger partial charge < -0.3 is 15.2 Å². The van der Waals surface area contributed by atoms with Crippen molar-refractivity contribution in [3.8, 4) is 11.5 Å². The van der Waals surface area contributed by atoms with Crippen LogP contribution in [0.1, 0.15) is 18.1 Å². The molecule has 0 saturated carbocycles. The Morgan fingerprint density at radius 2 is 2.07 bits per heavy atom. The molecule has 84 valence electrons. The molecule has 1 N–H and O–H groups in total. The van der Waals surface area contributed by atoms with Gasteiger partial charge in [-0.1, -0.05) is 6.92 Å². The maximum atomic E-state index is 9.50. The number of nitrogens with zero attached hydrogens (tertiary/aromatic N) is 1. The zero-order valence-corrected chi connectivity index (χ0v) is 11.0. The summed E-state index contributed by atoms with van der Waals surface area (Å²) in [5.41, 5.74) is 1.84. The van der Waals surface area contributed by atoms with Crippen LogP contribution in [0.15, 0.2) is 12.1 Å². The van der Waals surface area contributed by atoms with E-state index in [2.05, 4.69) is 5.32 Å². The van der Waals surface area contributed by atoms with Gasteiger partial charge in [-0.15, -0.1) is 0 Å². The monoisotopic (exact) mass is 296 g/mol. The first kappa shape index (κ1) is 14.4. The van der Waals surface area contributed by atoms with E-state index < -0.39 is 0 Å². The van der Waals surface area contributed by atoms with Gasteiger partial charge in [-0.3, -0.25) is 0 Å². The van der Waals surface area contributed by atoms with E-state index in [1.807, 2.05) is 19.9 Å². The Hall–Kier alpha value is -0.597. The molecule has 1 aromatic carbocycles. The average molecular weight is 295 g/mol. The molecule has 15 heavy (non-hydrogen) atoms. The van der Waals surface area contributed by atoms with E-state index in [1.165, 1.54) is 0 Å². The number of aryl methyl sites for hydroxylation is 2. The summed E-state index contributed by atoms with van der Waals surface area (Å²) in [5, 5.41) is 13.4. The van der Waals surface area contributed by atoms with Gasteiger partial charge in [0.15, 0.2) is 0 Å². The molecule has 0 saturated heterocycles. The number of benzene rings is 1. The molecule has 3 nitrogen and oxygen atoms in total. The summed E-state index contributed by atoms with van der Waals surface area (Å²) in [5.74, 6) is 1.14. The molecule has 4 heteroatoms. The van der Waals surface area contributed by atoms with Gasteiger partial charge in [0.1, 0.15) is 11.5 Å². The Bertz CT molecular complexity index is 316. The van der Waals surface area contributed by atoms with Gasteiger partial charge >= 0.3 is 19.5 Å². The first-order valence-corrected chi connectivity index (χ1v) is 4.70. The number of aromatic hydroxyl groups is 1. The smallest absolute Gasteiger partial charge is 0.632 e. The Morgan fingerprint density at radius 1 is 1.40 bits per heavy atom. The van der Waals surface area contributed by atoms with Crippen molar-refractivity contribution in [3.05, 3.63) is 28.6 Å². The normalized spacial score (nSPS) is 9.53. The van der Waals surface area contributed by atoms with Crippen LogP contribution in [0.3, 0.4) is 0 Å². The minimum absolute atomic E-state index is 0. The van der Waals surface area contributed by atoms with E-state index in [1.54, 1.807) is 13.1 Å². The molecule has 0 aromatic heterocycles. The van der Waals surface area contributed by atoms with Gasteiger partial charge in [0, 0.05) is 6.73 Å². The summed E-state index contributed by atoms with van der Waals surface area (Å²) in [6.45, 7) is 4.24. The summed E-state index contributed by atoms with van der Waals surface area (Å²) >= 11 is 0. The largest absolute Gasteiger partial charge is 2.00 e. The molecule has 0 radical (unpaired) electrons. The Labute approximate surface area is 104 Å². The standard InChI is InChI=1S/C11H16NO2.Ru/c1-4-9-6-10(13)8(2)5-11(9)14-7-12-3;/h5-6,13H,4,7H2,1-3H3;/q-1;+2. The summed E-state index contributed by atoms with van der Waals surface area (Å²) in [6, 6.07) is 3.60. The van der Waals surface area contributed by atoms with E-state index >= 15 is 0 Å². The second-order valence-corrected chi connectivity index (χ2v) is 3.19. The summed E-state index contributed by atoms with van der Waals surface area (Å²) in [6.07, 6.45) is 0.840. The molecule has 1 aromatic rings. The predicted octanol–water partition coefficient (Wildman–Crippen LogP) is 2.60. The minimum atomic E-state index is 0. The van der Waals surface area contributed by atoms with Crippen LogP contribution in [0.5, 0.6) is 11.5 Å². The zero-order chi connectivity index (χ0) is 10.6. The van der Waals surface area contributed by atoms with Crippen molar-refractivity contribution < 1.29 is 29.3 Å². The number of phenolic OH excluding ortho intramolecular Hbond substituents is 1. The molecular formula is C11H16NO2Ru+. The minimum Gasteiger partial charge on any atom is -0.632 e. The van der Waals surface area contributed by atoms with Gasteiger partial charge in [-0.05, 0) is 36.6 Å². The van der Waals surface area contributed by atoms with Crippen molar-refractivity contribution in [2.75, 3.05) is 13.8 Å². The van der Waals surface area contributed by atoms with Crippen LogP contribution in [0.2, 0.25) is 0 Å². The fraction of sp³-hybridized carbons (Fsp3) is 0.455. The third-order valence-electron chi connectivity index (χ3n) is 2.11. The summed E-state index contributed by atoms with van der Waals surface area (Å²) in [7, 11) is 1.71. The quantitative estimate of drug-likeness (QED) is 0.868. The third kappa shape index (κ3) is 3.80. The average Bonchev–Trinajstić information content (AvgIpc) is 2.19. The number of hydrogen-bond donors (Lipinski definition) is 1. The number of rotatable bonds is 4. The molecule has 0 aliphatic heterocycles. The van der Waals surface area contributed by atoms with Gasteiger partial charge in [-0.2, -0.15) is 7.05 Å². The van der Waals surface area contributed by atoms with Crippen molar-refractivity contribution in [2.24, 2.45) is 0 Å². The SMILES string of the molecule is CCc1cc(O)c(C)cc1OC[N-]C.[Ru+2]. The summed E-state index contributed by atoms with van der Waals surface area (Å²) in [4.78, 5) is 0. The second kappa shape index (κ2) is 6.81. The van der Waals surface area contributed by atoms with Crippen LogP contribution in [0.25, 0.3) is 5.32 Å². The van der Waals surface area contributed by atoms with Crippen LogP contribution in [0.4, 0.5) is 0 Å². The van der Waals surface area contributed by atoms with Gasteiger partial charge in [0.2, 0.25) is 0 Å². The van der Waals surface area contributed by atoms with E-state index in [0.717, 1.165) is 23.3 Å². The Morgan fingerprint density at radius 3 is 2.60 bits per heavy atom. The number of ether oxygens (including phenoxy) is 1. The van der Waals surface area contributed by atoms with E-state index in [-0.39, 0.29) is 19.5 Å². The van der Waals surface area contributed by atoms with Crippen molar-refractivity contribution in [3.63, 3.8) is 0 Å². The third-order valence-corrected chi connectivity index (χ3v) is 2.11. The van der Waals surface area contributed by atoms with Crippen molar-refractivity contribution in [1.82, 2.24) is 0 Å². The van der Waals surface area contributed by atoms with E-state index in [9.17, 15) is 5.11 Å². The van der Waals surface area contributed by atoms with E-state index in [0.29, 0.717) is 12.5 Å². The Balaban J connectivity index is 0.00000196. The predicted molar refractivity (Wildman–Crippen MR) is 57.0 cm³/mol. The van der Waals surface area contributed by atoms with Crippen molar-refractivity contribution in [2.45, 2.75) is 20.3 Å². The molecule has 0 aliphatic rings. The molecule has 0 spiro atoms. The molecular weight excluding hydrogens is 279 g/mol. The van der Waals surface area contributed by atoms with Crippen LogP contribution in [-0.2, 0) is 25.9 Å². The molecule has 0 unspecified atom stereocenters. The van der Waals surface area contributed by atoms with Gasteiger partial charge in [0.05, 0.1) is 0 Å². The second-order valence-electron chi connectivity index (χ2n) is 3.19. The topological polar surface area (TPSA) is 43.6 Å². The molecule has 0 aliphatic carbocycles. The van der Waals surface area contributed by atoms with Crippen LogP contribution in [-0.4, -0.2) is 18.9 Å². The maximum absolute atomic E-state index is 9.50. The van der Waals surface area contributed by atoms with Crippen molar-refractivity contribution in [1.29, 1.82) is 0 Å². The first-order chi connectivity index (χ1) is 6.69. The fourth-order valence-electron chi connectivity index (χ4n) is 1.26. The van der Waals surface area contributed by atoms with Gasteiger partial charge in [0.25, 0.3) is 0 Å². The van der Waals surface area contributed by atoms with Crippen molar-refractivity contribution >= 4 is 0 Å². The maximum Gasteiger partial charge on any atom is 2.00 e. The van der Waals surface area contributed by atoms with Crippen LogP contribution < -0.4 is 4.74 Å². The first-order valence-electron chi connectivity index (χ1n) is 4.70. The van der Waals surface area contributed by atoms with E-state index in [4.69, 9.17) is 4.74 Å². The number of phenols is 1. The molecule has 0 amide bonds. The molecule has 0 bridgehead atoms. The molecule has 0 fully saturated rings.